The van der Waals surface area contributed by atoms with E-state index in [2.05, 4.69) is 6.92 Å². The van der Waals surface area contributed by atoms with Crippen LogP contribution in [0.15, 0.2) is 12.2 Å². The van der Waals surface area contributed by atoms with Crippen LogP contribution >= 0.6 is 0 Å². The third-order valence-corrected chi connectivity index (χ3v) is 2.90. The quantitative estimate of drug-likeness (QED) is 0.512. The van der Waals surface area contributed by atoms with E-state index >= 15 is 0 Å². The average Bonchev–Trinajstić information content (AvgIpc) is 2.17. The largest absolute Gasteiger partial charge is 0.463 e. The van der Waals surface area contributed by atoms with Crippen LogP contribution in [0.3, 0.4) is 0 Å². The molecule has 0 N–H and O–H groups in total. The fourth-order valence-corrected chi connectivity index (χ4v) is 1.99. The van der Waals surface area contributed by atoms with Gasteiger partial charge in [0.25, 0.3) is 0 Å². The first-order valence-electron chi connectivity index (χ1n) is 5.52. The Morgan fingerprint density at radius 2 is 2.00 bits per heavy atom. The highest BCUT2D eigenvalue weighted by atomic mass is 16.5. The number of hydrogen-bond donors (Lipinski definition) is 0. The summed E-state index contributed by atoms with van der Waals surface area (Å²) in [5.74, 6) is -0.209. The van der Waals surface area contributed by atoms with Crippen LogP contribution in [0, 0.1) is 5.41 Å². The summed E-state index contributed by atoms with van der Waals surface area (Å²) in [6, 6.07) is 0. The third-order valence-electron chi connectivity index (χ3n) is 2.90. The second kappa shape index (κ2) is 5.18. The second-order valence-corrected chi connectivity index (χ2v) is 4.30. The fourth-order valence-electron chi connectivity index (χ4n) is 1.99. The van der Waals surface area contributed by atoms with E-state index in [-0.39, 0.29) is 11.4 Å². The van der Waals surface area contributed by atoms with Crippen molar-refractivity contribution in [2.45, 2.75) is 46.0 Å². The highest BCUT2D eigenvalue weighted by Crippen LogP contribution is 2.36. The number of rotatable bonds is 3. The maximum Gasteiger partial charge on any atom is 0.330 e. The van der Waals surface area contributed by atoms with Gasteiger partial charge in [-0.2, -0.15) is 0 Å². The monoisotopic (exact) mass is 196 g/mol. The standard InChI is InChI=1S/C12H20O2/c1-3-14-11(13)7-10-12(2)8-5-4-6-9-12/h7,10H,3-6,8-9H2,1-2H3/b10-7+. The van der Waals surface area contributed by atoms with E-state index in [9.17, 15) is 4.79 Å². The van der Waals surface area contributed by atoms with Crippen molar-refractivity contribution in [2.75, 3.05) is 6.61 Å². The van der Waals surface area contributed by atoms with Gasteiger partial charge in [-0.05, 0) is 25.2 Å². The summed E-state index contributed by atoms with van der Waals surface area (Å²) in [5, 5.41) is 0. The molecule has 0 saturated heterocycles. The predicted octanol–water partition coefficient (Wildman–Crippen LogP) is 3.08. The van der Waals surface area contributed by atoms with E-state index in [1.165, 1.54) is 32.1 Å². The SMILES string of the molecule is CCOC(=O)/C=C/C1(C)CCCCC1. The molecule has 0 atom stereocenters. The summed E-state index contributed by atoms with van der Waals surface area (Å²) >= 11 is 0. The number of carbonyl (C=O) groups excluding carboxylic acids is 1. The Morgan fingerprint density at radius 1 is 1.36 bits per heavy atom. The molecule has 0 unspecified atom stereocenters. The molecule has 1 aliphatic rings. The molecule has 0 aliphatic heterocycles. The molecule has 0 bridgehead atoms. The van der Waals surface area contributed by atoms with Gasteiger partial charge in [0.2, 0.25) is 0 Å². The van der Waals surface area contributed by atoms with Gasteiger partial charge in [0.1, 0.15) is 0 Å². The molecule has 0 aromatic carbocycles. The van der Waals surface area contributed by atoms with Gasteiger partial charge in [-0.15, -0.1) is 0 Å². The van der Waals surface area contributed by atoms with E-state index in [0.29, 0.717) is 6.61 Å². The van der Waals surface area contributed by atoms with Gasteiger partial charge in [0, 0.05) is 6.08 Å². The molecule has 0 spiro atoms. The Bertz CT molecular complexity index is 212. The molecule has 1 fully saturated rings. The van der Waals surface area contributed by atoms with Crippen LogP contribution in [0.1, 0.15) is 46.0 Å². The van der Waals surface area contributed by atoms with Crippen LogP contribution in [0.5, 0.6) is 0 Å². The lowest BCUT2D eigenvalue weighted by atomic mass is 9.75. The van der Waals surface area contributed by atoms with Gasteiger partial charge >= 0.3 is 5.97 Å². The van der Waals surface area contributed by atoms with Crippen LogP contribution < -0.4 is 0 Å². The van der Waals surface area contributed by atoms with E-state index < -0.39 is 0 Å². The lowest BCUT2D eigenvalue weighted by Crippen LogP contribution is -2.17. The highest BCUT2D eigenvalue weighted by Gasteiger charge is 2.23. The summed E-state index contributed by atoms with van der Waals surface area (Å²) in [5.41, 5.74) is 0.227. The second-order valence-electron chi connectivity index (χ2n) is 4.30. The zero-order chi connectivity index (χ0) is 10.4. The van der Waals surface area contributed by atoms with Crippen LogP contribution in [0.25, 0.3) is 0 Å². The lowest BCUT2D eigenvalue weighted by molar-refractivity contribution is -0.137. The first kappa shape index (κ1) is 11.3. The topological polar surface area (TPSA) is 26.3 Å². The Morgan fingerprint density at radius 3 is 2.57 bits per heavy atom. The Hall–Kier alpha value is -0.790. The molecule has 0 heterocycles. The number of carbonyl (C=O) groups is 1. The molecule has 1 saturated carbocycles. The normalized spacial score (nSPS) is 21.0. The summed E-state index contributed by atoms with van der Waals surface area (Å²) in [4.78, 5) is 11.1. The molecular formula is C12H20O2. The molecule has 1 rings (SSSR count). The Kier molecular flexibility index (Phi) is 4.18. The third kappa shape index (κ3) is 3.52. The van der Waals surface area contributed by atoms with Crippen molar-refractivity contribution in [3.05, 3.63) is 12.2 Å². The molecular weight excluding hydrogens is 176 g/mol. The molecule has 80 valence electrons. The molecule has 2 heteroatoms. The molecule has 2 nitrogen and oxygen atoms in total. The average molecular weight is 196 g/mol. The lowest BCUT2D eigenvalue weighted by Gasteiger charge is -2.30. The molecule has 0 aromatic heterocycles. The highest BCUT2D eigenvalue weighted by molar-refractivity contribution is 5.81. The van der Waals surface area contributed by atoms with Crippen LogP contribution in [-0.4, -0.2) is 12.6 Å². The summed E-state index contributed by atoms with van der Waals surface area (Å²) in [7, 11) is 0. The van der Waals surface area contributed by atoms with Crippen molar-refractivity contribution in [3.8, 4) is 0 Å². The van der Waals surface area contributed by atoms with Gasteiger partial charge in [-0.1, -0.05) is 32.3 Å². The molecule has 0 aromatic rings. The number of esters is 1. The number of ether oxygens (including phenoxy) is 1. The number of hydrogen-bond acceptors (Lipinski definition) is 2. The van der Waals surface area contributed by atoms with Crippen molar-refractivity contribution in [3.63, 3.8) is 0 Å². The summed E-state index contributed by atoms with van der Waals surface area (Å²) < 4.78 is 4.85. The van der Waals surface area contributed by atoms with E-state index in [1.54, 1.807) is 6.08 Å². The van der Waals surface area contributed by atoms with Gasteiger partial charge < -0.3 is 4.74 Å². The molecule has 1 aliphatic carbocycles. The summed E-state index contributed by atoms with van der Waals surface area (Å²) in [6.07, 6.45) is 9.92. The molecule has 14 heavy (non-hydrogen) atoms. The summed E-state index contributed by atoms with van der Waals surface area (Å²) in [6.45, 7) is 4.51. The minimum absolute atomic E-state index is 0.209. The van der Waals surface area contributed by atoms with Crippen molar-refractivity contribution < 1.29 is 9.53 Å². The van der Waals surface area contributed by atoms with E-state index in [4.69, 9.17) is 4.74 Å². The Labute approximate surface area is 86.3 Å². The minimum Gasteiger partial charge on any atom is -0.463 e. The van der Waals surface area contributed by atoms with Crippen molar-refractivity contribution in [1.29, 1.82) is 0 Å². The maximum atomic E-state index is 11.1. The molecule has 0 radical (unpaired) electrons. The fraction of sp³-hybridized carbons (Fsp3) is 0.750. The van der Waals surface area contributed by atoms with Crippen LogP contribution in [-0.2, 0) is 9.53 Å². The zero-order valence-electron chi connectivity index (χ0n) is 9.21. The van der Waals surface area contributed by atoms with Crippen molar-refractivity contribution in [2.24, 2.45) is 5.41 Å². The van der Waals surface area contributed by atoms with Crippen molar-refractivity contribution in [1.82, 2.24) is 0 Å². The van der Waals surface area contributed by atoms with Crippen molar-refractivity contribution >= 4 is 5.97 Å². The van der Waals surface area contributed by atoms with Gasteiger partial charge in [-0.3, -0.25) is 0 Å². The first-order chi connectivity index (χ1) is 6.66. The minimum atomic E-state index is -0.209. The van der Waals surface area contributed by atoms with Gasteiger partial charge in [-0.25, -0.2) is 4.79 Å². The number of allylic oxidation sites excluding steroid dienone is 1. The van der Waals surface area contributed by atoms with Crippen LogP contribution in [0.4, 0.5) is 0 Å². The van der Waals surface area contributed by atoms with Gasteiger partial charge in [0.15, 0.2) is 0 Å². The smallest absolute Gasteiger partial charge is 0.330 e. The van der Waals surface area contributed by atoms with Crippen LogP contribution in [0.2, 0.25) is 0 Å². The molecule has 0 amide bonds. The van der Waals surface area contributed by atoms with Gasteiger partial charge in [0.05, 0.1) is 6.61 Å². The zero-order valence-corrected chi connectivity index (χ0v) is 9.21. The first-order valence-corrected chi connectivity index (χ1v) is 5.52. The Balaban J connectivity index is 2.44. The maximum absolute atomic E-state index is 11.1. The van der Waals surface area contributed by atoms with E-state index in [0.717, 1.165) is 0 Å². The van der Waals surface area contributed by atoms with E-state index in [1.807, 2.05) is 13.0 Å². The predicted molar refractivity (Wildman–Crippen MR) is 57.0 cm³/mol.